The average molecular weight is 388 g/mol. The summed E-state index contributed by atoms with van der Waals surface area (Å²) in [5, 5.41) is 0. The quantitative estimate of drug-likeness (QED) is 0.633. The molecule has 0 amide bonds. The molecule has 19 heavy (non-hydrogen) atoms. The van der Waals surface area contributed by atoms with Crippen molar-refractivity contribution in [1.29, 1.82) is 0 Å². The third kappa shape index (κ3) is 3.42. The molecule has 1 aromatic carbocycles. The predicted molar refractivity (Wildman–Crippen MR) is 84.2 cm³/mol. The van der Waals surface area contributed by atoms with E-state index in [2.05, 4.69) is 38.8 Å². The van der Waals surface area contributed by atoms with E-state index in [-0.39, 0.29) is 4.83 Å². The van der Waals surface area contributed by atoms with Gasteiger partial charge in [-0.15, -0.1) is 0 Å². The Bertz CT molecular complexity index is 549. The monoisotopic (exact) mass is 386 g/mol. The number of alkyl halides is 1. The largest absolute Gasteiger partial charge is 0.494 e. The Morgan fingerprint density at radius 2 is 2.00 bits per heavy atom. The van der Waals surface area contributed by atoms with Gasteiger partial charge in [0.25, 0.3) is 0 Å². The SMILES string of the molecule is CCOc1ccc(C(Br)c2ccc(CC)o2)c(Br)c1. The summed E-state index contributed by atoms with van der Waals surface area (Å²) in [6, 6.07) is 10.0. The van der Waals surface area contributed by atoms with Gasteiger partial charge in [-0.3, -0.25) is 0 Å². The van der Waals surface area contributed by atoms with E-state index in [0.29, 0.717) is 6.61 Å². The predicted octanol–water partition coefficient (Wildman–Crippen LogP) is 5.49. The van der Waals surface area contributed by atoms with Crippen molar-refractivity contribution in [3.05, 3.63) is 51.9 Å². The molecule has 0 bridgehead atoms. The summed E-state index contributed by atoms with van der Waals surface area (Å²) in [4.78, 5) is 0.0397. The van der Waals surface area contributed by atoms with E-state index in [1.807, 2.05) is 37.3 Å². The van der Waals surface area contributed by atoms with Crippen LogP contribution in [-0.2, 0) is 6.42 Å². The zero-order chi connectivity index (χ0) is 13.8. The minimum atomic E-state index is 0.0397. The highest BCUT2D eigenvalue weighted by molar-refractivity contribution is 9.11. The maximum absolute atomic E-state index is 5.78. The zero-order valence-corrected chi connectivity index (χ0v) is 14.1. The molecule has 2 aromatic rings. The Labute approximate surface area is 130 Å². The van der Waals surface area contributed by atoms with E-state index in [4.69, 9.17) is 9.15 Å². The fraction of sp³-hybridized carbons (Fsp3) is 0.333. The summed E-state index contributed by atoms with van der Waals surface area (Å²) in [7, 11) is 0. The van der Waals surface area contributed by atoms with Crippen molar-refractivity contribution in [2.45, 2.75) is 25.1 Å². The zero-order valence-electron chi connectivity index (χ0n) is 11.0. The van der Waals surface area contributed by atoms with E-state index < -0.39 is 0 Å². The van der Waals surface area contributed by atoms with Gasteiger partial charge < -0.3 is 9.15 Å². The summed E-state index contributed by atoms with van der Waals surface area (Å²) in [5.74, 6) is 2.79. The summed E-state index contributed by atoms with van der Waals surface area (Å²) >= 11 is 7.27. The van der Waals surface area contributed by atoms with Crippen LogP contribution in [0.15, 0.2) is 39.2 Å². The molecule has 2 nitrogen and oxygen atoms in total. The molecule has 0 fully saturated rings. The highest BCUT2D eigenvalue weighted by Gasteiger charge is 2.17. The molecule has 0 saturated carbocycles. The first-order valence-corrected chi connectivity index (χ1v) is 8.01. The molecule has 2 rings (SSSR count). The molecular weight excluding hydrogens is 372 g/mol. The molecule has 0 saturated heterocycles. The minimum Gasteiger partial charge on any atom is -0.494 e. The lowest BCUT2D eigenvalue weighted by Crippen LogP contribution is -1.95. The summed E-state index contributed by atoms with van der Waals surface area (Å²) in [5.41, 5.74) is 1.13. The van der Waals surface area contributed by atoms with Crippen LogP contribution >= 0.6 is 31.9 Å². The third-order valence-corrected chi connectivity index (χ3v) is 4.47. The van der Waals surface area contributed by atoms with Crippen LogP contribution in [0.4, 0.5) is 0 Å². The van der Waals surface area contributed by atoms with Crippen LogP contribution in [0, 0.1) is 0 Å². The summed E-state index contributed by atoms with van der Waals surface area (Å²) in [6.45, 7) is 4.73. The molecule has 1 heterocycles. The van der Waals surface area contributed by atoms with Gasteiger partial charge in [0.15, 0.2) is 0 Å². The lowest BCUT2D eigenvalue weighted by Gasteiger charge is -2.12. The van der Waals surface area contributed by atoms with E-state index in [1.54, 1.807) is 0 Å². The van der Waals surface area contributed by atoms with Crippen molar-refractivity contribution in [2.24, 2.45) is 0 Å². The molecule has 0 N–H and O–H groups in total. The molecule has 0 radical (unpaired) electrons. The number of halogens is 2. The first kappa shape index (κ1) is 14.7. The van der Waals surface area contributed by atoms with Crippen molar-refractivity contribution in [1.82, 2.24) is 0 Å². The number of hydrogen-bond acceptors (Lipinski definition) is 2. The van der Waals surface area contributed by atoms with Gasteiger partial charge in [0, 0.05) is 10.9 Å². The number of ether oxygens (including phenoxy) is 1. The molecule has 102 valence electrons. The lowest BCUT2D eigenvalue weighted by molar-refractivity contribution is 0.340. The van der Waals surface area contributed by atoms with Crippen LogP contribution in [0.5, 0.6) is 5.75 Å². The van der Waals surface area contributed by atoms with Gasteiger partial charge in [0.05, 0.1) is 11.4 Å². The molecular formula is C15H16Br2O2. The van der Waals surface area contributed by atoms with Gasteiger partial charge in [-0.2, -0.15) is 0 Å². The molecule has 0 aliphatic rings. The minimum absolute atomic E-state index is 0.0397. The smallest absolute Gasteiger partial charge is 0.122 e. The molecule has 0 spiro atoms. The Morgan fingerprint density at radius 1 is 1.21 bits per heavy atom. The third-order valence-electron chi connectivity index (χ3n) is 2.84. The first-order chi connectivity index (χ1) is 9.15. The maximum atomic E-state index is 5.78. The molecule has 4 heteroatoms. The van der Waals surface area contributed by atoms with Crippen molar-refractivity contribution in [3.63, 3.8) is 0 Å². The van der Waals surface area contributed by atoms with E-state index in [1.165, 1.54) is 0 Å². The molecule has 0 aliphatic heterocycles. The van der Waals surface area contributed by atoms with Crippen molar-refractivity contribution >= 4 is 31.9 Å². The number of benzene rings is 1. The van der Waals surface area contributed by atoms with Crippen LogP contribution in [0.2, 0.25) is 0 Å². The number of aryl methyl sites for hydroxylation is 1. The first-order valence-electron chi connectivity index (χ1n) is 6.30. The Balaban J connectivity index is 2.25. The topological polar surface area (TPSA) is 22.4 Å². The standard InChI is InChI=1S/C15H16Br2O2/c1-3-10-6-8-14(19-10)15(17)12-7-5-11(18-4-2)9-13(12)16/h5-9,15H,3-4H2,1-2H3. The van der Waals surface area contributed by atoms with Gasteiger partial charge >= 0.3 is 0 Å². The Kier molecular flexibility index (Phi) is 5.11. The van der Waals surface area contributed by atoms with Gasteiger partial charge in [0.1, 0.15) is 17.3 Å². The Morgan fingerprint density at radius 3 is 2.58 bits per heavy atom. The number of furan rings is 1. The van der Waals surface area contributed by atoms with Crippen LogP contribution < -0.4 is 4.74 Å². The number of rotatable bonds is 5. The van der Waals surface area contributed by atoms with Crippen LogP contribution in [0.25, 0.3) is 0 Å². The van der Waals surface area contributed by atoms with E-state index in [0.717, 1.165) is 33.7 Å². The van der Waals surface area contributed by atoms with Gasteiger partial charge in [-0.25, -0.2) is 0 Å². The van der Waals surface area contributed by atoms with Crippen LogP contribution in [-0.4, -0.2) is 6.61 Å². The molecule has 1 atom stereocenters. The second kappa shape index (κ2) is 6.62. The van der Waals surface area contributed by atoms with Crippen molar-refractivity contribution < 1.29 is 9.15 Å². The maximum Gasteiger partial charge on any atom is 0.122 e. The van der Waals surface area contributed by atoms with E-state index >= 15 is 0 Å². The number of hydrogen-bond donors (Lipinski definition) is 0. The van der Waals surface area contributed by atoms with E-state index in [9.17, 15) is 0 Å². The van der Waals surface area contributed by atoms with Crippen LogP contribution in [0.1, 0.15) is 35.8 Å². The average Bonchev–Trinajstić information content (AvgIpc) is 2.87. The highest BCUT2D eigenvalue weighted by atomic mass is 79.9. The fourth-order valence-electron chi connectivity index (χ4n) is 1.84. The van der Waals surface area contributed by atoms with Gasteiger partial charge in [-0.05, 0) is 36.8 Å². The normalized spacial score (nSPS) is 12.4. The van der Waals surface area contributed by atoms with Gasteiger partial charge in [-0.1, -0.05) is 44.8 Å². The highest BCUT2D eigenvalue weighted by Crippen LogP contribution is 2.37. The van der Waals surface area contributed by atoms with Crippen LogP contribution in [0.3, 0.4) is 0 Å². The Hall–Kier alpha value is -0.740. The molecule has 1 unspecified atom stereocenters. The summed E-state index contributed by atoms with van der Waals surface area (Å²) < 4.78 is 12.3. The second-order valence-electron chi connectivity index (χ2n) is 4.14. The van der Waals surface area contributed by atoms with Gasteiger partial charge in [0.2, 0.25) is 0 Å². The van der Waals surface area contributed by atoms with Crippen molar-refractivity contribution in [3.8, 4) is 5.75 Å². The summed E-state index contributed by atoms with van der Waals surface area (Å²) in [6.07, 6.45) is 0.907. The van der Waals surface area contributed by atoms with Crippen molar-refractivity contribution in [2.75, 3.05) is 6.61 Å². The second-order valence-corrected chi connectivity index (χ2v) is 5.91. The molecule has 1 aromatic heterocycles. The lowest BCUT2D eigenvalue weighted by atomic mass is 10.1. The fourth-order valence-corrected chi connectivity index (χ4v) is 3.38. The molecule has 0 aliphatic carbocycles.